The SMILES string of the molecule is O=C(c1cccc(OC(F)F)c1)N1CCN([C@@H]2CN3CCC2CC3)CC1. The van der Waals surface area contributed by atoms with Gasteiger partial charge in [0.25, 0.3) is 5.91 Å². The predicted molar refractivity (Wildman–Crippen MR) is 93.5 cm³/mol. The number of carbonyl (C=O) groups is 1. The molecule has 142 valence electrons. The van der Waals surface area contributed by atoms with Gasteiger partial charge in [0.2, 0.25) is 0 Å². The molecule has 0 aliphatic carbocycles. The van der Waals surface area contributed by atoms with Gasteiger partial charge in [-0.15, -0.1) is 0 Å². The molecular weight excluding hydrogens is 340 g/mol. The van der Waals surface area contributed by atoms with Gasteiger partial charge in [-0.3, -0.25) is 9.69 Å². The van der Waals surface area contributed by atoms with E-state index in [0.717, 1.165) is 25.6 Å². The molecule has 5 rings (SSSR count). The molecule has 4 saturated heterocycles. The maximum Gasteiger partial charge on any atom is 0.387 e. The summed E-state index contributed by atoms with van der Waals surface area (Å²) in [7, 11) is 0. The molecular formula is C19H25F2N3O2. The van der Waals surface area contributed by atoms with E-state index in [2.05, 4.69) is 14.5 Å². The van der Waals surface area contributed by atoms with Crippen LogP contribution in [0, 0.1) is 5.92 Å². The topological polar surface area (TPSA) is 36.0 Å². The van der Waals surface area contributed by atoms with Crippen molar-refractivity contribution < 1.29 is 18.3 Å². The van der Waals surface area contributed by atoms with E-state index in [9.17, 15) is 13.6 Å². The highest BCUT2D eigenvalue weighted by Crippen LogP contribution is 2.31. The number of amides is 1. The largest absolute Gasteiger partial charge is 0.435 e. The Morgan fingerprint density at radius 1 is 1.08 bits per heavy atom. The van der Waals surface area contributed by atoms with Gasteiger partial charge in [0, 0.05) is 44.3 Å². The van der Waals surface area contributed by atoms with Gasteiger partial charge in [-0.25, -0.2) is 0 Å². The summed E-state index contributed by atoms with van der Waals surface area (Å²) in [6.07, 6.45) is 2.58. The van der Waals surface area contributed by atoms with Gasteiger partial charge in [0.1, 0.15) is 5.75 Å². The lowest BCUT2D eigenvalue weighted by Crippen LogP contribution is -2.61. The van der Waals surface area contributed by atoms with Crippen LogP contribution >= 0.6 is 0 Å². The van der Waals surface area contributed by atoms with Gasteiger partial charge in [-0.2, -0.15) is 8.78 Å². The molecule has 1 amide bonds. The van der Waals surface area contributed by atoms with Crippen molar-refractivity contribution in [1.82, 2.24) is 14.7 Å². The fourth-order valence-electron chi connectivity index (χ4n) is 4.59. The maximum atomic E-state index is 12.7. The smallest absolute Gasteiger partial charge is 0.387 e. The highest BCUT2D eigenvalue weighted by atomic mass is 19.3. The minimum Gasteiger partial charge on any atom is -0.435 e. The number of hydrogen-bond acceptors (Lipinski definition) is 4. The van der Waals surface area contributed by atoms with E-state index in [0.29, 0.717) is 24.7 Å². The number of piperidine rings is 3. The Hall–Kier alpha value is -1.73. The summed E-state index contributed by atoms with van der Waals surface area (Å²) in [5, 5.41) is 0. The van der Waals surface area contributed by atoms with Gasteiger partial charge in [-0.1, -0.05) is 6.07 Å². The van der Waals surface area contributed by atoms with Gasteiger partial charge in [-0.05, 0) is 50.0 Å². The van der Waals surface area contributed by atoms with Crippen LogP contribution in [0.2, 0.25) is 0 Å². The molecule has 4 aliphatic heterocycles. The predicted octanol–water partition coefficient (Wildman–Crippen LogP) is 2.14. The second kappa shape index (κ2) is 7.48. The molecule has 7 heteroatoms. The molecule has 1 atom stereocenters. The van der Waals surface area contributed by atoms with E-state index in [-0.39, 0.29) is 11.7 Å². The normalized spacial score (nSPS) is 29.2. The van der Waals surface area contributed by atoms with Crippen molar-refractivity contribution in [3.05, 3.63) is 29.8 Å². The molecule has 0 unspecified atom stereocenters. The first-order chi connectivity index (χ1) is 12.6. The van der Waals surface area contributed by atoms with E-state index >= 15 is 0 Å². The number of fused-ring (bicyclic) bond motifs is 3. The minimum atomic E-state index is -2.88. The lowest BCUT2D eigenvalue weighted by molar-refractivity contribution is -0.0499. The summed E-state index contributed by atoms with van der Waals surface area (Å²) in [6, 6.07) is 6.69. The molecule has 4 aliphatic rings. The number of alkyl halides is 2. The molecule has 4 fully saturated rings. The molecule has 1 aromatic rings. The fourth-order valence-corrected chi connectivity index (χ4v) is 4.59. The zero-order valence-corrected chi connectivity index (χ0v) is 14.8. The van der Waals surface area contributed by atoms with E-state index in [1.165, 1.54) is 38.1 Å². The van der Waals surface area contributed by atoms with Crippen LogP contribution in [0.25, 0.3) is 0 Å². The first-order valence-electron chi connectivity index (χ1n) is 9.41. The number of ether oxygens (including phenoxy) is 1. The van der Waals surface area contributed by atoms with Crippen molar-refractivity contribution in [2.45, 2.75) is 25.5 Å². The van der Waals surface area contributed by atoms with Crippen LogP contribution < -0.4 is 4.74 Å². The third-order valence-electron chi connectivity index (χ3n) is 6.00. The second-order valence-corrected chi connectivity index (χ2v) is 7.44. The number of hydrogen-bond donors (Lipinski definition) is 0. The first-order valence-corrected chi connectivity index (χ1v) is 9.41. The summed E-state index contributed by atoms with van der Waals surface area (Å²) < 4.78 is 29.1. The van der Waals surface area contributed by atoms with Crippen LogP contribution in [-0.2, 0) is 0 Å². The first kappa shape index (κ1) is 17.7. The van der Waals surface area contributed by atoms with Crippen LogP contribution in [0.3, 0.4) is 0 Å². The lowest BCUT2D eigenvalue weighted by atomic mass is 9.83. The van der Waals surface area contributed by atoms with Gasteiger partial charge >= 0.3 is 6.61 Å². The van der Waals surface area contributed by atoms with Gasteiger partial charge < -0.3 is 14.5 Å². The molecule has 0 radical (unpaired) electrons. The molecule has 2 bridgehead atoms. The van der Waals surface area contributed by atoms with Crippen molar-refractivity contribution in [2.75, 3.05) is 45.8 Å². The Morgan fingerprint density at radius 3 is 2.42 bits per heavy atom. The number of piperazine rings is 1. The fraction of sp³-hybridized carbons (Fsp3) is 0.632. The third-order valence-corrected chi connectivity index (χ3v) is 6.00. The van der Waals surface area contributed by atoms with Gasteiger partial charge in [0.15, 0.2) is 0 Å². The summed E-state index contributed by atoms with van der Waals surface area (Å²) >= 11 is 0. The summed E-state index contributed by atoms with van der Waals surface area (Å²) in [5.41, 5.74) is 0.402. The lowest BCUT2D eigenvalue weighted by Gasteiger charge is -2.51. The number of rotatable bonds is 4. The molecule has 0 spiro atoms. The van der Waals surface area contributed by atoms with Crippen molar-refractivity contribution in [1.29, 1.82) is 0 Å². The van der Waals surface area contributed by atoms with Crippen molar-refractivity contribution >= 4 is 5.91 Å². The van der Waals surface area contributed by atoms with Crippen LogP contribution in [0.15, 0.2) is 24.3 Å². The zero-order chi connectivity index (χ0) is 18.1. The van der Waals surface area contributed by atoms with Crippen molar-refractivity contribution in [3.63, 3.8) is 0 Å². The number of nitrogens with zero attached hydrogens (tertiary/aromatic N) is 3. The standard InChI is InChI=1S/C19H25F2N3O2/c20-19(21)26-16-3-1-2-15(12-16)18(25)24-10-8-23(9-11-24)17-13-22-6-4-14(17)5-7-22/h1-3,12,14,17,19H,4-11,13H2/t17-/m1/s1. The molecule has 0 N–H and O–H groups in total. The average molecular weight is 365 g/mol. The quantitative estimate of drug-likeness (QED) is 0.819. The number of benzene rings is 1. The van der Waals surface area contributed by atoms with Gasteiger partial charge in [0.05, 0.1) is 0 Å². The second-order valence-electron chi connectivity index (χ2n) is 7.44. The highest BCUT2D eigenvalue weighted by Gasteiger charge is 2.38. The van der Waals surface area contributed by atoms with Crippen LogP contribution in [0.1, 0.15) is 23.2 Å². The monoisotopic (exact) mass is 365 g/mol. The molecule has 26 heavy (non-hydrogen) atoms. The Kier molecular flexibility index (Phi) is 5.09. The molecule has 1 aromatic carbocycles. The van der Waals surface area contributed by atoms with Crippen LogP contribution in [0.5, 0.6) is 5.75 Å². The minimum absolute atomic E-state index is 0.0248. The molecule has 4 heterocycles. The summed E-state index contributed by atoms with van der Waals surface area (Å²) in [6.45, 7) is 3.87. The maximum absolute atomic E-state index is 12.7. The number of carbonyl (C=O) groups excluding carboxylic acids is 1. The molecule has 0 aromatic heterocycles. The van der Waals surface area contributed by atoms with Crippen molar-refractivity contribution in [3.8, 4) is 5.75 Å². The Bertz CT molecular complexity index is 641. The Labute approximate surface area is 152 Å². The Balaban J connectivity index is 1.35. The number of halogens is 2. The van der Waals surface area contributed by atoms with E-state index in [1.54, 1.807) is 12.1 Å². The molecule has 0 saturated carbocycles. The van der Waals surface area contributed by atoms with Crippen LogP contribution in [0.4, 0.5) is 8.78 Å². The highest BCUT2D eigenvalue weighted by molar-refractivity contribution is 5.94. The van der Waals surface area contributed by atoms with E-state index in [4.69, 9.17) is 0 Å². The summed E-state index contributed by atoms with van der Waals surface area (Å²) in [4.78, 5) is 19.6. The van der Waals surface area contributed by atoms with E-state index in [1.807, 2.05) is 4.90 Å². The van der Waals surface area contributed by atoms with Crippen molar-refractivity contribution in [2.24, 2.45) is 5.92 Å². The van der Waals surface area contributed by atoms with Crippen LogP contribution in [-0.4, -0.2) is 79.1 Å². The average Bonchev–Trinajstić information content (AvgIpc) is 2.68. The van der Waals surface area contributed by atoms with E-state index < -0.39 is 6.61 Å². The molecule has 5 nitrogen and oxygen atoms in total. The zero-order valence-electron chi connectivity index (χ0n) is 14.8. The third kappa shape index (κ3) is 3.69. The summed E-state index contributed by atoms with van der Waals surface area (Å²) in [5.74, 6) is 0.709. The Morgan fingerprint density at radius 2 is 1.81 bits per heavy atom.